The Balaban J connectivity index is 2.24. The number of amidine groups is 1. The van der Waals surface area contributed by atoms with Gasteiger partial charge in [-0.05, 0) is 13.3 Å². The molecule has 0 bridgehead atoms. The molecule has 0 aromatic rings. The minimum absolute atomic E-state index is 0.0192. The van der Waals surface area contributed by atoms with Crippen LogP contribution in [-0.2, 0) is 9.53 Å². The lowest BCUT2D eigenvalue weighted by Crippen LogP contribution is -2.44. The second kappa shape index (κ2) is 8.37. The van der Waals surface area contributed by atoms with Crippen molar-refractivity contribution in [3.05, 3.63) is 0 Å². The first-order valence-electron chi connectivity index (χ1n) is 6.41. The Morgan fingerprint density at radius 1 is 1.67 bits per heavy atom. The maximum absolute atomic E-state index is 11.7. The van der Waals surface area contributed by atoms with E-state index in [1.807, 2.05) is 6.92 Å². The van der Waals surface area contributed by atoms with E-state index in [1.165, 1.54) is 12.8 Å². The SMILES string of the molecule is CCCC1CN=C(NC(C)C(=O)NCCOC)S1. The molecule has 1 amide bonds. The summed E-state index contributed by atoms with van der Waals surface area (Å²) in [4.78, 5) is 16.1. The van der Waals surface area contributed by atoms with Crippen molar-refractivity contribution in [2.75, 3.05) is 26.8 Å². The number of thioether (sulfide) groups is 1. The molecule has 0 radical (unpaired) electrons. The van der Waals surface area contributed by atoms with Crippen molar-refractivity contribution < 1.29 is 9.53 Å². The minimum atomic E-state index is -0.256. The Morgan fingerprint density at radius 2 is 2.44 bits per heavy atom. The molecule has 0 saturated heterocycles. The zero-order valence-electron chi connectivity index (χ0n) is 11.4. The summed E-state index contributed by atoms with van der Waals surface area (Å²) < 4.78 is 4.88. The van der Waals surface area contributed by atoms with Crippen LogP contribution >= 0.6 is 11.8 Å². The summed E-state index contributed by atoms with van der Waals surface area (Å²) in [6.45, 7) is 5.96. The highest BCUT2D eigenvalue weighted by molar-refractivity contribution is 8.14. The largest absolute Gasteiger partial charge is 0.383 e. The summed E-state index contributed by atoms with van der Waals surface area (Å²) >= 11 is 1.74. The Morgan fingerprint density at radius 3 is 3.11 bits per heavy atom. The van der Waals surface area contributed by atoms with E-state index in [2.05, 4.69) is 22.5 Å². The van der Waals surface area contributed by atoms with Crippen LogP contribution in [-0.4, -0.2) is 49.2 Å². The number of hydrogen-bond donors (Lipinski definition) is 2. The first-order chi connectivity index (χ1) is 8.67. The van der Waals surface area contributed by atoms with E-state index in [1.54, 1.807) is 18.9 Å². The van der Waals surface area contributed by atoms with Crippen molar-refractivity contribution in [1.82, 2.24) is 10.6 Å². The molecule has 0 saturated carbocycles. The third-order valence-electron chi connectivity index (χ3n) is 2.67. The number of carbonyl (C=O) groups is 1. The minimum Gasteiger partial charge on any atom is -0.383 e. The van der Waals surface area contributed by atoms with Gasteiger partial charge in [-0.3, -0.25) is 9.79 Å². The van der Waals surface area contributed by atoms with Crippen molar-refractivity contribution in [3.8, 4) is 0 Å². The molecule has 1 heterocycles. The molecule has 1 aliphatic rings. The molecule has 6 heteroatoms. The molecule has 0 aliphatic carbocycles. The molecule has 1 rings (SSSR count). The molecule has 2 N–H and O–H groups in total. The van der Waals surface area contributed by atoms with E-state index in [-0.39, 0.29) is 11.9 Å². The molecular weight excluding hydrogens is 250 g/mol. The number of hydrogen-bond acceptors (Lipinski definition) is 5. The predicted molar refractivity (Wildman–Crippen MR) is 76.1 cm³/mol. The number of amides is 1. The van der Waals surface area contributed by atoms with E-state index in [0.29, 0.717) is 18.4 Å². The van der Waals surface area contributed by atoms with Crippen LogP contribution < -0.4 is 10.6 Å². The molecule has 104 valence electrons. The lowest BCUT2D eigenvalue weighted by atomic mass is 10.2. The summed E-state index contributed by atoms with van der Waals surface area (Å²) in [5.41, 5.74) is 0. The number of nitrogens with zero attached hydrogens (tertiary/aromatic N) is 1. The zero-order chi connectivity index (χ0) is 13.4. The highest BCUT2D eigenvalue weighted by Crippen LogP contribution is 2.23. The maximum Gasteiger partial charge on any atom is 0.242 e. The first-order valence-corrected chi connectivity index (χ1v) is 7.29. The smallest absolute Gasteiger partial charge is 0.242 e. The molecule has 1 aliphatic heterocycles. The number of aliphatic imine (C=N–C) groups is 1. The van der Waals surface area contributed by atoms with Gasteiger partial charge in [0.05, 0.1) is 13.2 Å². The summed E-state index contributed by atoms with van der Waals surface area (Å²) in [5.74, 6) is -0.0192. The van der Waals surface area contributed by atoms with Crippen LogP contribution in [0.25, 0.3) is 0 Å². The summed E-state index contributed by atoms with van der Waals surface area (Å²) in [6, 6.07) is -0.256. The fourth-order valence-corrected chi connectivity index (χ4v) is 2.86. The quantitative estimate of drug-likeness (QED) is 0.679. The Bertz CT molecular complexity index is 297. The van der Waals surface area contributed by atoms with Gasteiger partial charge in [-0.15, -0.1) is 0 Å². The standard InChI is InChI=1S/C12H23N3O2S/c1-4-5-10-8-14-12(18-10)15-9(2)11(16)13-6-7-17-3/h9-10H,4-8H2,1-3H3,(H,13,16)(H,14,15). The third-order valence-corrected chi connectivity index (χ3v) is 3.85. The maximum atomic E-state index is 11.7. The van der Waals surface area contributed by atoms with Gasteiger partial charge in [-0.1, -0.05) is 25.1 Å². The summed E-state index contributed by atoms with van der Waals surface area (Å²) in [7, 11) is 1.62. The van der Waals surface area contributed by atoms with Crippen molar-refractivity contribution in [2.45, 2.75) is 38.0 Å². The molecular formula is C12H23N3O2S. The Labute approximate surface area is 113 Å². The average Bonchev–Trinajstić information content (AvgIpc) is 2.77. The number of methoxy groups -OCH3 is 1. The topological polar surface area (TPSA) is 62.7 Å². The second-order valence-electron chi connectivity index (χ2n) is 4.32. The van der Waals surface area contributed by atoms with Crippen LogP contribution in [0.1, 0.15) is 26.7 Å². The van der Waals surface area contributed by atoms with Gasteiger partial charge in [-0.2, -0.15) is 0 Å². The van der Waals surface area contributed by atoms with Gasteiger partial charge in [0, 0.05) is 18.9 Å². The Kier molecular flexibility index (Phi) is 7.12. The monoisotopic (exact) mass is 273 g/mol. The summed E-state index contributed by atoms with van der Waals surface area (Å²) in [5, 5.41) is 7.42. The molecule has 18 heavy (non-hydrogen) atoms. The highest BCUT2D eigenvalue weighted by atomic mass is 32.2. The number of carbonyl (C=O) groups excluding carboxylic acids is 1. The van der Waals surface area contributed by atoms with Crippen LogP contribution in [0, 0.1) is 0 Å². The van der Waals surface area contributed by atoms with Crippen molar-refractivity contribution in [3.63, 3.8) is 0 Å². The van der Waals surface area contributed by atoms with Gasteiger partial charge in [-0.25, -0.2) is 0 Å². The van der Waals surface area contributed by atoms with E-state index in [9.17, 15) is 4.79 Å². The van der Waals surface area contributed by atoms with Crippen LogP contribution in [0.3, 0.4) is 0 Å². The normalized spacial score (nSPS) is 20.4. The zero-order valence-corrected chi connectivity index (χ0v) is 12.2. The van der Waals surface area contributed by atoms with Crippen LogP contribution in [0.4, 0.5) is 0 Å². The van der Waals surface area contributed by atoms with Crippen LogP contribution in [0.5, 0.6) is 0 Å². The van der Waals surface area contributed by atoms with E-state index in [4.69, 9.17) is 4.74 Å². The number of nitrogens with one attached hydrogen (secondary N) is 2. The summed E-state index contributed by atoms with van der Waals surface area (Å²) in [6.07, 6.45) is 2.35. The molecule has 0 spiro atoms. The van der Waals surface area contributed by atoms with Gasteiger partial charge in [0.1, 0.15) is 6.04 Å². The number of ether oxygens (including phenoxy) is 1. The number of rotatable bonds is 7. The van der Waals surface area contributed by atoms with Gasteiger partial charge >= 0.3 is 0 Å². The molecule has 0 fully saturated rings. The van der Waals surface area contributed by atoms with E-state index < -0.39 is 0 Å². The molecule has 2 unspecified atom stereocenters. The molecule has 2 atom stereocenters. The van der Waals surface area contributed by atoms with Crippen LogP contribution in [0.15, 0.2) is 4.99 Å². The fourth-order valence-electron chi connectivity index (χ4n) is 1.65. The fraction of sp³-hybridized carbons (Fsp3) is 0.833. The van der Waals surface area contributed by atoms with Gasteiger partial charge in [0.25, 0.3) is 0 Å². The van der Waals surface area contributed by atoms with Crippen LogP contribution in [0.2, 0.25) is 0 Å². The molecule has 0 aromatic heterocycles. The highest BCUT2D eigenvalue weighted by Gasteiger charge is 2.21. The van der Waals surface area contributed by atoms with Gasteiger partial charge < -0.3 is 15.4 Å². The third kappa shape index (κ3) is 5.27. The second-order valence-corrected chi connectivity index (χ2v) is 5.61. The lowest BCUT2D eigenvalue weighted by Gasteiger charge is -2.15. The van der Waals surface area contributed by atoms with E-state index >= 15 is 0 Å². The Hall–Kier alpha value is -0.750. The lowest BCUT2D eigenvalue weighted by molar-refractivity contribution is -0.122. The average molecular weight is 273 g/mol. The first kappa shape index (κ1) is 15.3. The molecule has 0 aromatic carbocycles. The van der Waals surface area contributed by atoms with Crippen molar-refractivity contribution >= 4 is 22.8 Å². The predicted octanol–water partition coefficient (Wildman–Crippen LogP) is 0.999. The van der Waals surface area contributed by atoms with Gasteiger partial charge in [0.15, 0.2) is 5.17 Å². The van der Waals surface area contributed by atoms with Crippen molar-refractivity contribution in [1.29, 1.82) is 0 Å². The van der Waals surface area contributed by atoms with E-state index in [0.717, 1.165) is 11.7 Å². The van der Waals surface area contributed by atoms with Crippen molar-refractivity contribution in [2.24, 2.45) is 4.99 Å². The van der Waals surface area contributed by atoms with Gasteiger partial charge in [0.2, 0.25) is 5.91 Å². The molecule has 5 nitrogen and oxygen atoms in total.